The van der Waals surface area contributed by atoms with Crippen molar-refractivity contribution in [3.63, 3.8) is 0 Å². The molecule has 0 spiro atoms. The fraction of sp³-hybridized carbons (Fsp3) is 0.207. The molecule has 0 N–H and O–H groups in total. The minimum atomic E-state index is 0.501. The molecule has 0 unspecified atom stereocenters. The first-order valence-corrected chi connectivity index (χ1v) is 11.9. The third-order valence-corrected chi connectivity index (χ3v) is 8.28. The Morgan fingerprint density at radius 1 is 0.774 bits per heavy atom. The van der Waals surface area contributed by atoms with Gasteiger partial charge in [-0.15, -0.1) is 0 Å². The van der Waals surface area contributed by atoms with E-state index in [0.717, 1.165) is 0 Å². The lowest BCUT2D eigenvalue weighted by atomic mass is 9.89. The number of aryl methyl sites for hydroxylation is 3. The van der Waals surface area contributed by atoms with Crippen molar-refractivity contribution in [1.82, 2.24) is 0 Å². The maximum Gasteiger partial charge on any atom is 0.222 e. The topological polar surface area (TPSA) is 3.88 Å². The van der Waals surface area contributed by atoms with E-state index in [2.05, 4.69) is 100 Å². The molecule has 2 heteroatoms. The smallest absolute Gasteiger partial charge is 0.200 e. The summed E-state index contributed by atoms with van der Waals surface area (Å²) in [5.74, 6) is 0.501. The zero-order valence-electron chi connectivity index (χ0n) is 18.7. The SMILES string of the molecule is Cc1c2c(c(C)c3ccccc13)-c1c3c(cc4c(C(C)C)cccc4c3cc[n+]1C)S2. The van der Waals surface area contributed by atoms with Crippen molar-refractivity contribution >= 4 is 44.1 Å². The lowest BCUT2D eigenvalue weighted by molar-refractivity contribution is -0.659. The summed E-state index contributed by atoms with van der Waals surface area (Å²) in [5.41, 5.74) is 6.96. The highest BCUT2D eigenvalue weighted by atomic mass is 32.2. The molecule has 1 nitrogen and oxygen atoms in total. The van der Waals surface area contributed by atoms with E-state index in [-0.39, 0.29) is 0 Å². The van der Waals surface area contributed by atoms with Crippen molar-refractivity contribution in [2.45, 2.75) is 43.4 Å². The number of nitrogens with zero attached hydrogens (tertiary/aromatic N) is 1. The van der Waals surface area contributed by atoms with Gasteiger partial charge in [0.15, 0.2) is 6.20 Å². The van der Waals surface area contributed by atoms with Gasteiger partial charge in [-0.3, -0.25) is 0 Å². The van der Waals surface area contributed by atoms with Crippen LogP contribution in [0.4, 0.5) is 0 Å². The Bertz CT molecular complexity index is 1560. The molecular weight excluding hydrogens is 394 g/mol. The van der Waals surface area contributed by atoms with Crippen LogP contribution in [0.5, 0.6) is 0 Å². The normalized spacial score (nSPS) is 12.8. The molecule has 31 heavy (non-hydrogen) atoms. The molecule has 0 radical (unpaired) electrons. The second-order valence-corrected chi connectivity index (χ2v) is 10.2. The van der Waals surface area contributed by atoms with Gasteiger partial charge in [-0.2, -0.15) is 0 Å². The van der Waals surface area contributed by atoms with Crippen LogP contribution in [0, 0.1) is 13.8 Å². The van der Waals surface area contributed by atoms with Gasteiger partial charge in [-0.05, 0) is 64.1 Å². The highest BCUT2D eigenvalue weighted by Gasteiger charge is 2.31. The minimum Gasteiger partial charge on any atom is -0.200 e. The summed E-state index contributed by atoms with van der Waals surface area (Å²) in [6.45, 7) is 9.17. The van der Waals surface area contributed by atoms with Crippen LogP contribution < -0.4 is 4.57 Å². The largest absolute Gasteiger partial charge is 0.222 e. The fourth-order valence-corrected chi connectivity index (χ4v) is 6.78. The summed E-state index contributed by atoms with van der Waals surface area (Å²) in [6.07, 6.45) is 2.24. The van der Waals surface area contributed by atoms with Crippen molar-refractivity contribution in [1.29, 1.82) is 0 Å². The first-order chi connectivity index (χ1) is 15.0. The first-order valence-electron chi connectivity index (χ1n) is 11.1. The molecule has 0 fully saturated rings. The summed E-state index contributed by atoms with van der Waals surface area (Å²) >= 11 is 1.96. The van der Waals surface area contributed by atoms with E-state index in [1.807, 2.05) is 11.8 Å². The van der Waals surface area contributed by atoms with Crippen molar-refractivity contribution in [3.8, 4) is 11.3 Å². The van der Waals surface area contributed by atoms with E-state index in [4.69, 9.17) is 0 Å². The van der Waals surface area contributed by atoms with Crippen LogP contribution in [-0.4, -0.2) is 0 Å². The van der Waals surface area contributed by atoms with Gasteiger partial charge in [0.2, 0.25) is 5.69 Å². The molecule has 5 aromatic rings. The standard InChI is InChI=1S/C29H26NS/c1-16(2)19-11-8-12-22-23-13-14-30(5)28-26-17(3)20-9-6-7-10-21(20)18(4)29(26)31-25(27(23)28)15-24(19)22/h6-16H,1-5H3/q+1. The van der Waals surface area contributed by atoms with Gasteiger partial charge in [0.05, 0.1) is 10.9 Å². The van der Waals surface area contributed by atoms with Gasteiger partial charge >= 0.3 is 0 Å². The number of hydrogen-bond donors (Lipinski definition) is 0. The van der Waals surface area contributed by atoms with Gasteiger partial charge in [0, 0.05) is 21.2 Å². The third-order valence-electron chi connectivity index (χ3n) is 7.02. The molecule has 1 aromatic heterocycles. The van der Waals surface area contributed by atoms with E-state index < -0.39 is 0 Å². The minimum absolute atomic E-state index is 0.501. The Balaban J connectivity index is 1.84. The molecule has 0 amide bonds. The molecule has 0 atom stereocenters. The van der Waals surface area contributed by atoms with Crippen molar-refractivity contribution in [2.75, 3.05) is 0 Å². The summed E-state index contributed by atoms with van der Waals surface area (Å²) in [5, 5.41) is 8.26. The molecule has 4 aromatic carbocycles. The average molecular weight is 421 g/mol. The average Bonchev–Trinajstić information content (AvgIpc) is 2.78. The van der Waals surface area contributed by atoms with E-state index in [0.29, 0.717) is 5.92 Å². The summed E-state index contributed by atoms with van der Waals surface area (Å²) < 4.78 is 2.32. The lowest BCUT2D eigenvalue weighted by Crippen LogP contribution is -2.32. The Morgan fingerprint density at radius 2 is 1.48 bits per heavy atom. The zero-order chi connectivity index (χ0) is 21.4. The summed E-state index contributed by atoms with van der Waals surface area (Å²) in [7, 11) is 2.19. The van der Waals surface area contributed by atoms with E-state index in [1.54, 1.807) is 0 Å². The number of pyridine rings is 1. The van der Waals surface area contributed by atoms with Gasteiger partial charge in [-0.1, -0.05) is 68.1 Å². The summed E-state index contributed by atoms with van der Waals surface area (Å²) in [6, 6.07) is 20.4. The molecule has 2 heterocycles. The van der Waals surface area contributed by atoms with Crippen LogP contribution in [0.1, 0.15) is 36.5 Å². The maximum absolute atomic E-state index is 2.45. The molecule has 1 aliphatic rings. The molecule has 0 bridgehead atoms. The monoisotopic (exact) mass is 420 g/mol. The Labute approximate surface area is 187 Å². The van der Waals surface area contributed by atoms with Crippen LogP contribution in [0.15, 0.2) is 70.6 Å². The van der Waals surface area contributed by atoms with Crippen molar-refractivity contribution < 1.29 is 4.57 Å². The second kappa shape index (κ2) is 6.58. The number of fused-ring (bicyclic) bond motifs is 5. The predicted molar refractivity (Wildman–Crippen MR) is 133 cm³/mol. The van der Waals surface area contributed by atoms with Crippen LogP contribution in [-0.2, 0) is 7.05 Å². The lowest BCUT2D eigenvalue weighted by Gasteiger charge is -2.24. The Morgan fingerprint density at radius 3 is 2.23 bits per heavy atom. The van der Waals surface area contributed by atoms with Crippen molar-refractivity contribution in [3.05, 3.63) is 77.5 Å². The number of hydrogen-bond acceptors (Lipinski definition) is 1. The predicted octanol–water partition coefficient (Wildman–Crippen LogP) is 7.84. The van der Waals surface area contributed by atoms with Crippen molar-refractivity contribution in [2.24, 2.45) is 7.05 Å². The first kappa shape index (κ1) is 18.9. The van der Waals surface area contributed by atoms with E-state index >= 15 is 0 Å². The Hall–Kier alpha value is -2.84. The number of aromatic nitrogens is 1. The van der Waals surface area contributed by atoms with E-state index in [9.17, 15) is 0 Å². The molecule has 1 aliphatic heterocycles. The van der Waals surface area contributed by atoms with Gasteiger partial charge in [-0.25, -0.2) is 4.57 Å². The maximum atomic E-state index is 2.45. The van der Waals surface area contributed by atoms with Crippen LogP contribution in [0.2, 0.25) is 0 Å². The highest BCUT2D eigenvalue weighted by molar-refractivity contribution is 8.00. The fourth-order valence-electron chi connectivity index (χ4n) is 5.46. The quantitative estimate of drug-likeness (QED) is 0.193. The van der Waals surface area contributed by atoms with Crippen LogP contribution >= 0.6 is 11.8 Å². The molecule has 6 rings (SSSR count). The van der Waals surface area contributed by atoms with Crippen LogP contribution in [0.25, 0.3) is 43.6 Å². The number of rotatable bonds is 1. The van der Waals surface area contributed by atoms with Gasteiger partial charge in [0.1, 0.15) is 7.05 Å². The molecule has 0 saturated carbocycles. The van der Waals surface area contributed by atoms with Gasteiger partial charge in [0.25, 0.3) is 0 Å². The van der Waals surface area contributed by atoms with Crippen LogP contribution in [0.3, 0.4) is 0 Å². The molecule has 0 saturated heterocycles. The molecule has 0 aliphatic carbocycles. The Kier molecular flexibility index (Phi) is 4.01. The second-order valence-electron chi connectivity index (χ2n) is 9.14. The highest BCUT2D eigenvalue weighted by Crippen LogP contribution is 2.52. The van der Waals surface area contributed by atoms with Gasteiger partial charge < -0.3 is 0 Å². The van der Waals surface area contributed by atoms with E-state index in [1.165, 1.54) is 70.1 Å². The number of benzene rings is 4. The summed E-state index contributed by atoms with van der Waals surface area (Å²) in [4.78, 5) is 2.79. The molecular formula is C29H26NS+. The third kappa shape index (κ3) is 2.49. The molecule has 152 valence electrons. The zero-order valence-corrected chi connectivity index (χ0v) is 19.5.